The number of nitrogens with one attached hydrogen (secondary N) is 2. The minimum absolute atomic E-state index is 0.0563. The van der Waals surface area contributed by atoms with E-state index in [9.17, 15) is 5.11 Å². The normalized spacial score (nSPS) is 18.1. The van der Waals surface area contributed by atoms with Gasteiger partial charge in [0.15, 0.2) is 23.7 Å². The summed E-state index contributed by atoms with van der Waals surface area (Å²) in [5, 5.41) is 21.4. The first-order chi connectivity index (χ1) is 16.6. The summed E-state index contributed by atoms with van der Waals surface area (Å²) >= 11 is 0. The number of pyridine rings is 2. The van der Waals surface area contributed by atoms with Crippen LogP contribution in [0.2, 0.25) is 0 Å². The van der Waals surface area contributed by atoms with Crippen molar-refractivity contribution in [1.29, 1.82) is 0 Å². The molecule has 3 aromatic rings. The molecular weight excluding hydrogens is 443 g/mol. The van der Waals surface area contributed by atoms with Gasteiger partial charge in [0.25, 0.3) is 0 Å². The molecule has 1 atom stereocenters. The van der Waals surface area contributed by atoms with Gasteiger partial charge in [-0.2, -0.15) is 5.01 Å². The number of hydrogen-bond donors (Lipinski definition) is 3. The van der Waals surface area contributed by atoms with Crippen molar-refractivity contribution in [2.75, 3.05) is 16.9 Å². The zero-order valence-corrected chi connectivity index (χ0v) is 20.9. The lowest BCUT2D eigenvalue weighted by atomic mass is 9.91. The molecule has 2 aliphatic heterocycles. The lowest BCUT2D eigenvalue weighted by Crippen LogP contribution is -2.42. The number of anilines is 4. The Bertz CT molecular complexity index is 1250. The second-order valence-electron chi connectivity index (χ2n) is 10.6. The van der Waals surface area contributed by atoms with Crippen molar-refractivity contribution in [2.45, 2.75) is 65.3 Å². The van der Waals surface area contributed by atoms with E-state index in [0.717, 1.165) is 36.6 Å². The number of halogens is 1. The number of benzene rings is 1. The number of fused-ring (bicyclic) bond motifs is 2. The molecule has 0 fully saturated rings. The van der Waals surface area contributed by atoms with Crippen molar-refractivity contribution in [3.05, 3.63) is 70.8 Å². The Hall–Kier alpha value is -3.07. The van der Waals surface area contributed by atoms with Gasteiger partial charge in [0.2, 0.25) is 0 Å². The van der Waals surface area contributed by atoms with E-state index in [-0.39, 0.29) is 17.3 Å². The second kappa shape index (κ2) is 8.86. The smallest absolute Gasteiger partial charge is 0.169 e. The van der Waals surface area contributed by atoms with Gasteiger partial charge in [0.05, 0.1) is 5.69 Å². The van der Waals surface area contributed by atoms with Gasteiger partial charge in [-0.25, -0.2) is 9.37 Å². The van der Waals surface area contributed by atoms with Gasteiger partial charge in [-0.15, -0.1) is 0 Å². The molecule has 4 heterocycles. The Balaban J connectivity index is 1.57. The molecule has 5 rings (SSSR count). The average Bonchev–Trinajstić information content (AvgIpc) is 3.10. The highest BCUT2D eigenvalue weighted by Gasteiger charge is 2.40. The standard InChI is InChI=1S/C27H33FN6O/c1-16(2)33-26(35)21-14-22(28)24(31-19-7-6-18-15-29-10-8-17(18)12-19)32-25(21)34(33)20-9-11-30-23(13-20)27(3,4)5/h6-7,9,11-14,16,26,29,35H,8,10,15H2,1-5H3,(H,31,32). The number of aromatic nitrogens is 2. The number of rotatable bonds is 4. The fourth-order valence-electron chi connectivity index (χ4n) is 4.72. The van der Waals surface area contributed by atoms with Crippen LogP contribution in [0.5, 0.6) is 0 Å². The van der Waals surface area contributed by atoms with Gasteiger partial charge in [0.1, 0.15) is 0 Å². The fourth-order valence-corrected chi connectivity index (χ4v) is 4.72. The van der Waals surface area contributed by atoms with Gasteiger partial charge in [-0.3, -0.25) is 9.99 Å². The maximum atomic E-state index is 15.2. The van der Waals surface area contributed by atoms with Crippen LogP contribution in [-0.2, 0) is 18.4 Å². The van der Waals surface area contributed by atoms with Gasteiger partial charge in [0, 0.05) is 41.1 Å². The minimum atomic E-state index is -1.01. The Morgan fingerprint density at radius 3 is 2.69 bits per heavy atom. The topological polar surface area (TPSA) is 76.6 Å². The molecule has 7 nitrogen and oxygen atoms in total. The Morgan fingerprint density at radius 1 is 1.14 bits per heavy atom. The van der Waals surface area contributed by atoms with E-state index in [1.807, 2.05) is 42.1 Å². The molecule has 2 aromatic heterocycles. The summed E-state index contributed by atoms with van der Waals surface area (Å²) in [5.74, 6) is 0.131. The molecule has 1 aromatic carbocycles. The highest BCUT2D eigenvalue weighted by atomic mass is 19.1. The fraction of sp³-hybridized carbons (Fsp3) is 0.407. The summed E-state index contributed by atoms with van der Waals surface area (Å²) in [7, 11) is 0. The van der Waals surface area contributed by atoms with Crippen LogP contribution in [-0.4, -0.2) is 32.7 Å². The summed E-state index contributed by atoms with van der Waals surface area (Å²) in [6.45, 7) is 12.1. The molecule has 8 heteroatoms. The maximum absolute atomic E-state index is 15.2. The van der Waals surface area contributed by atoms with E-state index in [4.69, 9.17) is 4.98 Å². The van der Waals surface area contributed by atoms with Crippen LogP contribution in [0, 0.1) is 5.82 Å². The summed E-state index contributed by atoms with van der Waals surface area (Å²) in [6.07, 6.45) is 1.69. The summed E-state index contributed by atoms with van der Waals surface area (Å²) < 4.78 is 15.2. The molecule has 0 spiro atoms. The van der Waals surface area contributed by atoms with Gasteiger partial charge in [-0.05, 0) is 68.3 Å². The van der Waals surface area contributed by atoms with Crippen molar-refractivity contribution in [3.63, 3.8) is 0 Å². The molecule has 35 heavy (non-hydrogen) atoms. The number of hydrazine groups is 1. The Labute approximate surface area is 206 Å². The first-order valence-corrected chi connectivity index (χ1v) is 12.2. The third-order valence-electron chi connectivity index (χ3n) is 6.59. The van der Waals surface area contributed by atoms with Crippen LogP contribution in [0.25, 0.3) is 0 Å². The van der Waals surface area contributed by atoms with Gasteiger partial charge < -0.3 is 15.7 Å². The van der Waals surface area contributed by atoms with E-state index in [1.165, 1.54) is 17.2 Å². The van der Waals surface area contributed by atoms with Crippen LogP contribution in [0.1, 0.15) is 63.2 Å². The molecular formula is C27H33FN6O. The third-order valence-corrected chi connectivity index (χ3v) is 6.59. The second-order valence-corrected chi connectivity index (χ2v) is 10.6. The predicted octanol–water partition coefficient (Wildman–Crippen LogP) is 5.07. The number of aliphatic hydroxyl groups excluding tert-OH is 1. The largest absolute Gasteiger partial charge is 0.372 e. The quantitative estimate of drug-likeness (QED) is 0.485. The Morgan fingerprint density at radius 2 is 1.94 bits per heavy atom. The molecule has 0 aliphatic carbocycles. The van der Waals surface area contributed by atoms with Crippen LogP contribution >= 0.6 is 0 Å². The summed E-state index contributed by atoms with van der Waals surface area (Å²) in [5.41, 5.74) is 5.34. The minimum Gasteiger partial charge on any atom is -0.372 e. The van der Waals surface area contributed by atoms with Gasteiger partial charge >= 0.3 is 0 Å². The first kappa shape index (κ1) is 23.7. The van der Waals surface area contributed by atoms with Gasteiger partial charge in [-0.1, -0.05) is 26.8 Å². The maximum Gasteiger partial charge on any atom is 0.169 e. The molecule has 3 N–H and O–H groups in total. The van der Waals surface area contributed by atoms with Crippen LogP contribution in [0.3, 0.4) is 0 Å². The SMILES string of the molecule is CC(C)N1C(O)c2cc(F)c(Nc3ccc4c(c3)CCNC4)nc2N1c1ccnc(C(C)(C)C)c1. The van der Waals surface area contributed by atoms with Crippen molar-refractivity contribution in [1.82, 2.24) is 20.3 Å². The van der Waals surface area contributed by atoms with E-state index in [0.29, 0.717) is 11.4 Å². The van der Waals surface area contributed by atoms with Crippen LogP contribution in [0.4, 0.5) is 27.4 Å². The number of hydrogen-bond acceptors (Lipinski definition) is 7. The van der Waals surface area contributed by atoms with Crippen molar-refractivity contribution >= 4 is 23.0 Å². The third kappa shape index (κ3) is 4.37. The molecule has 0 saturated heterocycles. The van der Waals surface area contributed by atoms with E-state index in [2.05, 4.69) is 48.5 Å². The van der Waals surface area contributed by atoms with Crippen LogP contribution < -0.4 is 15.6 Å². The predicted molar refractivity (Wildman–Crippen MR) is 136 cm³/mol. The van der Waals surface area contributed by atoms with E-state index >= 15 is 4.39 Å². The monoisotopic (exact) mass is 476 g/mol. The number of nitrogens with zero attached hydrogens (tertiary/aromatic N) is 4. The molecule has 1 unspecified atom stereocenters. The molecule has 0 saturated carbocycles. The molecule has 2 aliphatic rings. The van der Waals surface area contributed by atoms with Crippen molar-refractivity contribution < 1.29 is 9.50 Å². The van der Waals surface area contributed by atoms with Crippen molar-refractivity contribution in [2.24, 2.45) is 0 Å². The van der Waals surface area contributed by atoms with E-state index in [1.54, 1.807) is 6.20 Å². The molecule has 0 radical (unpaired) electrons. The highest BCUT2D eigenvalue weighted by molar-refractivity contribution is 5.69. The Kier molecular flexibility index (Phi) is 5.99. The van der Waals surface area contributed by atoms with E-state index < -0.39 is 12.0 Å². The first-order valence-electron chi connectivity index (χ1n) is 12.2. The van der Waals surface area contributed by atoms with Crippen molar-refractivity contribution in [3.8, 4) is 0 Å². The molecule has 0 amide bonds. The molecule has 0 bridgehead atoms. The molecule has 184 valence electrons. The highest BCUT2D eigenvalue weighted by Crippen LogP contribution is 2.45. The van der Waals surface area contributed by atoms with Crippen LogP contribution in [0.15, 0.2) is 42.6 Å². The summed E-state index contributed by atoms with van der Waals surface area (Å²) in [4.78, 5) is 9.24. The summed E-state index contributed by atoms with van der Waals surface area (Å²) in [6, 6.07) is 11.3. The zero-order chi connectivity index (χ0) is 24.9. The lowest BCUT2D eigenvalue weighted by molar-refractivity contribution is -0.00416. The lowest BCUT2D eigenvalue weighted by Gasteiger charge is -2.35. The zero-order valence-electron chi connectivity index (χ0n) is 20.9. The number of aliphatic hydroxyl groups is 1. The average molecular weight is 477 g/mol.